The van der Waals surface area contributed by atoms with E-state index < -0.39 is 0 Å². The molecular formula is C24H27ClN4OS. The van der Waals surface area contributed by atoms with Crippen LogP contribution in [0.5, 0.6) is 0 Å². The zero-order valence-electron chi connectivity index (χ0n) is 17.3. The number of benzene rings is 2. The number of pyridine rings is 1. The lowest BCUT2D eigenvalue weighted by Gasteiger charge is -2.20. The van der Waals surface area contributed by atoms with Gasteiger partial charge in [-0.2, -0.15) is 0 Å². The van der Waals surface area contributed by atoms with E-state index in [1.54, 1.807) is 12.4 Å². The van der Waals surface area contributed by atoms with Gasteiger partial charge in [-0.3, -0.25) is 14.5 Å². The summed E-state index contributed by atoms with van der Waals surface area (Å²) in [5.74, 6) is 0.766. The van der Waals surface area contributed by atoms with Gasteiger partial charge in [-0.05, 0) is 48.2 Å². The van der Waals surface area contributed by atoms with Crippen molar-refractivity contribution >= 4 is 35.1 Å². The number of carbonyl (C=O) groups excluding carboxylic acids is 1. The first kappa shape index (κ1) is 23.1. The van der Waals surface area contributed by atoms with Crippen molar-refractivity contribution in [3.05, 3.63) is 95.3 Å². The Hall–Kier alpha value is -2.54. The van der Waals surface area contributed by atoms with E-state index >= 15 is 0 Å². The fourth-order valence-corrected chi connectivity index (χ4v) is 3.91. The topological polar surface area (TPSA) is 66.1 Å². The van der Waals surface area contributed by atoms with Crippen LogP contribution in [0.1, 0.15) is 17.5 Å². The van der Waals surface area contributed by atoms with E-state index in [0.717, 1.165) is 41.4 Å². The number of aromatic nitrogens is 1. The van der Waals surface area contributed by atoms with Gasteiger partial charge >= 0.3 is 0 Å². The molecule has 0 saturated heterocycles. The Labute approximate surface area is 193 Å². The van der Waals surface area contributed by atoms with Crippen LogP contribution in [0.2, 0.25) is 5.02 Å². The predicted molar refractivity (Wildman–Crippen MR) is 130 cm³/mol. The number of amides is 1. The number of hydrogen-bond donors (Lipinski definition) is 3. The maximum atomic E-state index is 12.5. The second kappa shape index (κ2) is 13.0. The van der Waals surface area contributed by atoms with Gasteiger partial charge in [-0.25, -0.2) is 0 Å². The van der Waals surface area contributed by atoms with Crippen molar-refractivity contribution in [3.8, 4) is 0 Å². The van der Waals surface area contributed by atoms with E-state index in [4.69, 9.17) is 11.6 Å². The second-order valence-corrected chi connectivity index (χ2v) is 8.44. The van der Waals surface area contributed by atoms with Gasteiger partial charge in [0.15, 0.2) is 0 Å². The number of carbonyl (C=O) groups is 1. The van der Waals surface area contributed by atoms with Crippen LogP contribution in [0.25, 0.3) is 0 Å². The van der Waals surface area contributed by atoms with Crippen molar-refractivity contribution < 1.29 is 4.79 Å². The van der Waals surface area contributed by atoms with Gasteiger partial charge in [0.05, 0.1) is 6.54 Å². The summed E-state index contributed by atoms with van der Waals surface area (Å²) >= 11 is 7.42. The lowest BCUT2D eigenvalue weighted by molar-refractivity contribution is -0.120. The van der Waals surface area contributed by atoms with Crippen molar-refractivity contribution in [1.29, 1.82) is 0 Å². The number of nitrogens with zero attached hydrogens (tertiary/aromatic N) is 1. The summed E-state index contributed by atoms with van der Waals surface area (Å²) < 4.78 is 3.15. The lowest BCUT2D eigenvalue weighted by atomic mass is 10.0. The SMILES string of the molecule is O=C(CNSCc1ccc(Cl)cc1)NC(CCNc1ccncc1)Cc1ccccc1. The molecule has 162 valence electrons. The molecule has 0 aliphatic heterocycles. The molecule has 0 spiro atoms. The summed E-state index contributed by atoms with van der Waals surface area (Å²) in [4.78, 5) is 16.5. The third-order valence-electron chi connectivity index (χ3n) is 4.68. The van der Waals surface area contributed by atoms with E-state index in [1.165, 1.54) is 17.5 Å². The highest BCUT2D eigenvalue weighted by Gasteiger charge is 2.13. The van der Waals surface area contributed by atoms with Crippen molar-refractivity contribution in [3.63, 3.8) is 0 Å². The molecule has 0 radical (unpaired) electrons. The predicted octanol–water partition coefficient (Wildman–Crippen LogP) is 4.70. The Bertz CT molecular complexity index is 910. The third-order valence-corrected chi connectivity index (χ3v) is 5.76. The van der Waals surface area contributed by atoms with E-state index in [2.05, 4.69) is 32.5 Å². The van der Waals surface area contributed by atoms with Crippen LogP contribution in [0.3, 0.4) is 0 Å². The minimum Gasteiger partial charge on any atom is -0.385 e. The largest absolute Gasteiger partial charge is 0.385 e. The Kier molecular flexibility index (Phi) is 9.70. The van der Waals surface area contributed by atoms with Crippen molar-refractivity contribution in [2.24, 2.45) is 0 Å². The molecule has 0 fully saturated rings. The van der Waals surface area contributed by atoms with Gasteiger partial charge in [-0.15, -0.1) is 0 Å². The maximum Gasteiger partial charge on any atom is 0.235 e. The second-order valence-electron chi connectivity index (χ2n) is 7.14. The zero-order valence-corrected chi connectivity index (χ0v) is 18.8. The number of halogens is 1. The van der Waals surface area contributed by atoms with E-state index in [1.807, 2.05) is 54.6 Å². The van der Waals surface area contributed by atoms with Crippen molar-refractivity contribution in [2.45, 2.75) is 24.6 Å². The van der Waals surface area contributed by atoms with Crippen LogP contribution in [-0.4, -0.2) is 30.0 Å². The zero-order chi connectivity index (χ0) is 21.7. The third kappa shape index (κ3) is 9.00. The van der Waals surface area contributed by atoms with Gasteiger partial charge < -0.3 is 10.6 Å². The van der Waals surface area contributed by atoms with Gasteiger partial charge in [0.25, 0.3) is 0 Å². The average molecular weight is 455 g/mol. The molecule has 0 bridgehead atoms. The molecule has 2 aromatic carbocycles. The van der Waals surface area contributed by atoms with Gasteiger partial charge in [0.1, 0.15) is 0 Å². The lowest BCUT2D eigenvalue weighted by Crippen LogP contribution is -2.41. The Morgan fingerprint density at radius 1 is 0.968 bits per heavy atom. The van der Waals surface area contributed by atoms with E-state index in [9.17, 15) is 4.79 Å². The average Bonchev–Trinajstić information content (AvgIpc) is 2.79. The Morgan fingerprint density at radius 3 is 2.45 bits per heavy atom. The van der Waals surface area contributed by atoms with E-state index in [0.29, 0.717) is 0 Å². The first-order valence-corrected chi connectivity index (χ1v) is 11.6. The molecule has 1 amide bonds. The Morgan fingerprint density at radius 2 is 1.71 bits per heavy atom. The van der Waals surface area contributed by atoms with Gasteiger partial charge in [0, 0.05) is 41.4 Å². The van der Waals surface area contributed by atoms with Crippen LogP contribution in [-0.2, 0) is 17.0 Å². The summed E-state index contributed by atoms with van der Waals surface area (Å²) in [6.45, 7) is 1.03. The summed E-state index contributed by atoms with van der Waals surface area (Å²) in [6.07, 6.45) is 5.14. The molecule has 5 nitrogen and oxygen atoms in total. The molecule has 1 aromatic heterocycles. The molecule has 1 atom stereocenters. The number of anilines is 1. The molecule has 1 heterocycles. The maximum absolute atomic E-state index is 12.5. The van der Waals surface area contributed by atoms with Crippen LogP contribution in [0.4, 0.5) is 5.69 Å². The standard InChI is InChI=1S/C24H27ClN4OS/c25-21-8-6-20(7-9-21)18-31-28-17-24(30)29-23(16-19-4-2-1-3-5-19)12-15-27-22-10-13-26-14-11-22/h1-11,13-14,23,28H,12,15-18H2,(H,26,27)(H,29,30). The highest BCUT2D eigenvalue weighted by molar-refractivity contribution is 7.96. The monoisotopic (exact) mass is 454 g/mol. The fourth-order valence-electron chi connectivity index (χ4n) is 3.09. The quantitative estimate of drug-likeness (QED) is 0.273. The van der Waals surface area contributed by atoms with Gasteiger partial charge in [0.2, 0.25) is 5.91 Å². The number of rotatable bonds is 12. The highest BCUT2D eigenvalue weighted by Crippen LogP contribution is 2.13. The van der Waals surface area contributed by atoms with E-state index in [-0.39, 0.29) is 18.5 Å². The first-order chi connectivity index (χ1) is 15.2. The van der Waals surface area contributed by atoms with Crippen LogP contribution in [0.15, 0.2) is 79.1 Å². The molecule has 0 aliphatic carbocycles. The first-order valence-electron chi connectivity index (χ1n) is 10.3. The molecule has 7 heteroatoms. The minimum absolute atomic E-state index is 0.00607. The summed E-state index contributed by atoms with van der Waals surface area (Å²) in [5, 5.41) is 7.29. The van der Waals surface area contributed by atoms with Crippen LogP contribution in [0, 0.1) is 0 Å². The van der Waals surface area contributed by atoms with Gasteiger partial charge in [-0.1, -0.05) is 66.0 Å². The molecule has 3 aromatic rings. The highest BCUT2D eigenvalue weighted by atomic mass is 35.5. The summed E-state index contributed by atoms with van der Waals surface area (Å²) in [5.41, 5.74) is 3.40. The molecule has 1 unspecified atom stereocenters. The molecule has 0 aliphatic rings. The van der Waals surface area contributed by atoms with Crippen molar-refractivity contribution in [2.75, 3.05) is 18.4 Å². The molecular weight excluding hydrogens is 428 g/mol. The normalized spacial score (nSPS) is 11.6. The molecule has 0 saturated carbocycles. The number of hydrogen-bond acceptors (Lipinski definition) is 5. The Balaban J connectivity index is 1.44. The summed E-state index contributed by atoms with van der Waals surface area (Å²) in [6, 6.07) is 21.9. The van der Waals surface area contributed by atoms with Crippen molar-refractivity contribution in [1.82, 2.24) is 15.0 Å². The fraction of sp³-hybridized carbons (Fsp3) is 0.250. The minimum atomic E-state index is -0.00607. The molecule has 3 N–H and O–H groups in total. The molecule has 3 rings (SSSR count). The smallest absolute Gasteiger partial charge is 0.235 e. The summed E-state index contributed by atoms with van der Waals surface area (Å²) in [7, 11) is 0. The number of nitrogens with one attached hydrogen (secondary N) is 3. The van der Waals surface area contributed by atoms with Crippen LogP contribution < -0.4 is 15.4 Å². The van der Waals surface area contributed by atoms with Crippen LogP contribution >= 0.6 is 23.5 Å². The molecule has 31 heavy (non-hydrogen) atoms.